The van der Waals surface area contributed by atoms with E-state index in [2.05, 4.69) is 6.07 Å². The third-order valence-corrected chi connectivity index (χ3v) is 3.76. The van der Waals surface area contributed by atoms with Crippen LogP contribution in [0.25, 0.3) is 0 Å². The largest absolute Gasteiger partial charge is 0.490 e. The van der Waals surface area contributed by atoms with Crippen LogP contribution < -0.4 is 10.5 Å². The van der Waals surface area contributed by atoms with Crippen molar-refractivity contribution in [1.82, 2.24) is 0 Å². The molecule has 0 amide bonds. The molecule has 0 spiro atoms. The number of benzene rings is 1. The predicted octanol–water partition coefficient (Wildman–Crippen LogP) is 2.70. The van der Waals surface area contributed by atoms with Crippen molar-refractivity contribution in [1.29, 1.82) is 0 Å². The van der Waals surface area contributed by atoms with Crippen molar-refractivity contribution in [2.75, 3.05) is 6.61 Å². The quantitative estimate of drug-likeness (QED) is 0.862. The molecule has 1 aromatic rings. The average Bonchev–Trinajstić information content (AvgIpc) is 2.75. The van der Waals surface area contributed by atoms with E-state index in [4.69, 9.17) is 10.5 Å². The maximum atomic E-state index is 10.2. The van der Waals surface area contributed by atoms with E-state index in [1.165, 1.54) is 0 Å². The monoisotopic (exact) mass is 249 g/mol. The summed E-state index contributed by atoms with van der Waals surface area (Å²) in [6.07, 6.45) is 3.90. The number of hydrogen-bond donors (Lipinski definition) is 2. The number of ether oxygens (including phenoxy) is 1. The molecule has 1 fully saturated rings. The minimum absolute atomic E-state index is 0.0387. The molecule has 1 aliphatic rings. The Balaban J connectivity index is 2.01. The van der Waals surface area contributed by atoms with Gasteiger partial charge in [-0.3, -0.25) is 0 Å². The smallest absolute Gasteiger partial charge is 0.122 e. The van der Waals surface area contributed by atoms with Gasteiger partial charge in [0, 0.05) is 6.04 Å². The lowest BCUT2D eigenvalue weighted by Gasteiger charge is -2.23. The topological polar surface area (TPSA) is 55.5 Å². The summed E-state index contributed by atoms with van der Waals surface area (Å²) < 4.78 is 5.77. The van der Waals surface area contributed by atoms with Gasteiger partial charge in [0.1, 0.15) is 12.4 Å². The third kappa shape index (κ3) is 3.03. The van der Waals surface area contributed by atoms with Crippen LogP contribution in [-0.2, 0) is 0 Å². The molecule has 0 radical (unpaired) electrons. The van der Waals surface area contributed by atoms with Gasteiger partial charge < -0.3 is 15.6 Å². The van der Waals surface area contributed by atoms with Gasteiger partial charge in [-0.05, 0) is 43.9 Å². The fourth-order valence-corrected chi connectivity index (χ4v) is 2.51. The lowest BCUT2D eigenvalue weighted by atomic mass is 10.0. The molecule has 18 heavy (non-hydrogen) atoms. The summed E-state index contributed by atoms with van der Waals surface area (Å²) in [5, 5.41) is 10.2. The van der Waals surface area contributed by atoms with Crippen LogP contribution in [0.2, 0.25) is 0 Å². The van der Waals surface area contributed by atoms with Crippen molar-refractivity contribution in [3.63, 3.8) is 0 Å². The van der Waals surface area contributed by atoms with Crippen LogP contribution in [0, 0.1) is 6.92 Å². The van der Waals surface area contributed by atoms with Crippen LogP contribution in [0.1, 0.15) is 49.8 Å². The van der Waals surface area contributed by atoms with E-state index in [1.54, 1.807) is 0 Å². The molecule has 1 atom stereocenters. The Bertz CT molecular complexity index is 409. The first-order valence-corrected chi connectivity index (χ1v) is 6.71. The Hall–Kier alpha value is -1.06. The van der Waals surface area contributed by atoms with E-state index in [0.29, 0.717) is 6.61 Å². The Morgan fingerprint density at radius 3 is 2.61 bits per heavy atom. The summed E-state index contributed by atoms with van der Waals surface area (Å²) in [5.41, 5.74) is 7.41. The molecule has 1 aromatic carbocycles. The summed E-state index contributed by atoms with van der Waals surface area (Å²) in [5.74, 6) is 0.847. The molecule has 0 bridgehead atoms. The highest BCUT2D eigenvalue weighted by Gasteiger charge is 2.31. The van der Waals surface area contributed by atoms with Gasteiger partial charge in [-0.15, -0.1) is 0 Å². The minimum Gasteiger partial charge on any atom is -0.490 e. The van der Waals surface area contributed by atoms with E-state index in [9.17, 15) is 5.11 Å². The molecule has 100 valence electrons. The van der Waals surface area contributed by atoms with Crippen molar-refractivity contribution >= 4 is 0 Å². The van der Waals surface area contributed by atoms with Crippen LogP contribution in [0.5, 0.6) is 5.75 Å². The van der Waals surface area contributed by atoms with Gasteiger partial charge in [0.15, 0.2) is 0 Å². The van der Waals surface area contributed by atoms with Crippen molar-refractivity contribution in [2.45, 2.75) is 51.2 Å². The molecule has 1 saturated carbocycles. The molecule has 1 aliphatic carbocycles. The number of hydrogen-bond acceptors (Lipinski definition) is 3. The highest BCUT2D eigenvalue weighted by molar-refractivity contribution is 5.37. The summed E-state index contributed by atoms with van der Waals surface area (Å²) in [6, 6.07) is 6.04. The molecule has 0 heterocycles. The first kappa shape index (κ1) is 13.4. The van der Waals surface area contributed by atoms with E-state index >= 15 is 0 Å². The van der Waals surface area contributed by atoms with E-state index in [-0.39, 0.29) is 6.04 Å². The average molecular weight is 249 g/mol. The molecular weight excluding hydrogens is 226 g/mol. The van der Waals surface area contributed by atoms with Gasteiger partial charge in [-0.2, -0.15) is 0 Å². The Morgan fingerprint density at radius 2 is 2.06 bits per heavy atom. The summed E-state index contributed by atoms with van der Waals surface area (Å²) >= 11 is 0. The lowest BCUT2D eigenvalue weighted by molar-refractivity contribution is 0.00122. The maximum Gasteiger partial charge on any atom is 0.122 e. The Kier molecular flexibility index (Phi) is 3.93. The number of aliphatic hydroxyl groups is 1. The molecule has 0 saturated heterocycles. The summed E-state index contributed by atoms with van der Waals surface area (Å²) in [7, 11) is 0. The Labute approximate surface area is 109 Å². The fraction of sp³-hybridized carbons (Fsp3) is 0.600. The minimum atomic E-state index is -0.619. The number of aryl methyl sites for hydroxylation is 1. The van der Waals surface area contributed by atoms with Gasteiger partial charge in [0.25, 0.3) is 0 Å². The number of rotatable bonds is 4. The second kappa shape index (κ2) is 5.29. The van der Waals surface area contributed by atoms with E-state index in [1.807, 2.05) is 26.0 Å². The molecule has 3 nitrogen and oxygen atoms in total. The van der Waals surface area contributed by atoms with Crippen LogP contribution in [0.3, 0.4) is 0 Å². The highest BCUT2D eigenvalue weighted by Crippen LogP contribution is 2.31. The molecule has 3 heteroatoms. The second-order valence-corrected chi connectivity index (χ2v) is 5.53. The van der Waals surface area contributed by atoms with Crippen molar-refractivity contribution in [2.24, 2.45) is 5.73 Å². The lowest BCUT2D eigenvalue weighted by Crippen LogP contribution is -2.32. The maximum absolute atomic E-state index is 10.2. The Morgan fingerprint density at radius 1 is 1.39 bits per heavy atom. The third-order valence-electron chi connectivity index (χ3n) is 3.76. The van der Waals surface area contributed by atoms with Gasteiger partial charge in [-0.25, -0.2) is 0 Å². The number of nitrogens with two attached hydrogens (primary N) is 1. The molecule has 2 rings (SSSR count). The van der Waals surface area contributed by atoms with Crippen LogP contribution in [-0.4, -0.2) is 17.3 Å². The fourth-order valence-electron chi connectivity index (χ4n) is 2.51. The van der Waals surface area contributed by atoms with Gasteiger partial charge in [0.2, 0.25) is 0 Å². The zero-order valence-electron chi connectivity index (χ0n) is 11.3. The summed E-state index contributed by atoms with van der Waals surface area (Å²) in [4.78, 5) is 0. The van der Waals surface area contributed by atoms with Crippen LogP contribution in [0.15, 0.2) is 18.2 Å². The second-order valence-electron chi connectivity index (χ2n) is 5.53. The SMILES string of the molecule is Cc1cc([C@H](C)N)ccc1OCC1(O)CCCC1. The standard InChI is InChI=1S/C15H23NO2/c1-11-9-13(12(2)16)5-6-14(11)18-10-15(17)7-3-4-8-15/h5-6,9,12,17H,3-4,7-8,10,16H2,1-2H3/t12-/m0/s1. The molecular formula is C15H23NO2. The van der Waals surface area contributed by atoms with Crippen molar-refractivity contribution in [3.05, 3.63) is 29.3 Å². The normalized spacial score (nSPS) is 19.8. The molecule has 0 aliphatic heterocycles. The van der Waals surface area contributed by atoms with E-state index < -0.39 is 5.60 Å². The molecule has 0 unspecified atom stereocenters. The zero-order valence-corrected chi connectivity index (χ0v) is 11.3. The van der Waals surface area contributed by atoms with Crippen molar-refractivity contribution < 1.29 is 9.84 Å². The van der Waals surface area contributed by atoms with Crippen LogP contribution in [0.4, 0.5) is 0 Å². The van der Waals surface area contributed by atoms with Gasteiger partial charge >= 0.3 is 0 Å². The van der Waals surface area contributed by atoms with Gasteiger partial charge in [-0.1, -0.05) is 25.0 Å². The van der Waals surface area contributed by atoms with Crippen LogP contribution >= 0.6 is 0 Å². The zero-order chi connectivity index (χ0) is 13.2. The predicted molar refractivity (Wildman–Crippen MR) is 72.7 cm³/mol. The first-order valence-electron chi connectivity index (χ1n) is 6.71. The summed E-state index contributed by atoms with van der Waals surface area (Å²) in [6.45, 7) is 4.38. The highest BCUT2D eigenvalue weighted by atomic mass is 16.5. The first-order chi connectivity index (χ1) is 8.50. The van der Waals surface area contributed by atoms with E-state index in [0.717, 1.165) is 42.6 Å². The van der Waals surface area contributed by atoms with Gasteiger partial charge in [0.05, 0.1) is 5.60 Å². The molecule has 3 N–H and O–H groups in total. The molecule has 0 aromatic heterocycles. The van der Waals surface area contributed by atoms with Crippen molar-refractivity contribution in [3.8, 4) is 5.75 Å².